The van der Waals surface area contributed by atoms with E-state index in [4.69, 9.17) is 15.2 Å². The molecule has 3 N–H and O–H groups in total. The number of unbranched alkanes of at least 4 members (excludes halogenated alkanes) is 1. The van der Waals surface area contributed by atoms with Gasteiger partial charge in [0.25, 0.3) is 0 Å². The third kappa shape index (κ3) is 8.62. The van der Waals surface area contributed by atoms with Crippen LogP contribution in [-0.4, -0.2) is 26.2 Å². The van der Waals surface area contributed by atoms with E-state index in [9.17, 15) is 0 Å². The predicted octanol–water partition coefficient (Wildman–Crippen LogP) is 4.60. The summed E-state index contributed by atoms with van der Waals surface area (Å²) in [5, 5.41) is 3.15. The maximum atomic E-state index is 6.01. The Kier molecular flexibility index (Phi) is 11.5. The minimum absolute atomic E-state index is 0. The second-order valence-electron chi connectivity index (χ2n) is 6.08. The van der Waals surface area contributed by atoms with Gasteiger partial charge in [0.05, 0.1) is 13.2 Å². The van der Waals surface area contributed by atoms with E-state index in [1.165, 1.54) is 5.56 Å². The quantitative estimate of drug-likeness (QED) is 0.224. The summed E-state index contributed by atoms with van der Waals surface area (Å²) in [5.41, 5.74) is 9.19. The maximum absolute atomic E-state index is 6.01. The molecule has 0 saturated heterocycles. The van der Waals surface area contributed by atoms with Gasteiger partial charge < -0.3 is 20.5 Å². The van der Waals surface area contributed by atoms with Crippen molar-refractivity contribution in [3.8, 4) is 5.75 Å². The van der Waals surface area contributed by atoms with Gasteiger partial charge in [0.15, 0.2) is 5.96 Å². The molecule has 0 aliphatic rings. The average Bonchev–Trinajstić information content (AvgIpc) is 2.65. The SMILES string of the molecule is CCCCOc1ccc(CCN=C(N)Nc2ccccc2COC)cc1.I. The minimum Gasteiger partial charge on any atom is -0.494 e. The third-order valence-corrected chi connectivity index (χ3v) is 3.95. The Hall–Kier alpha value is -1.80. The fourth-order valence-electron chi connectivity index (χ4n) is 2.49. The Bertz CT molecular complexity index is 690. The number of halogens is 1. The van der Waals surface area contributed by atoms with Crippen molar-refractivity contribution in [2.45, 2.75) is 32.8 Å². The molecule has 27 heavy (non-hydrogen) atoms. The van der Waals surface area contributed by atoms with Crippen molar-refractivity contribution in [1.29, 1.82) is 0 Å². The molecule has 0 unspecified atom stereocenters. The van der Waals surface area contributed by atoms with E-state index in [1.54, 1.807) is 7.11 Å². The van der Waals surface area contributed by atoms with E-state index >= 15 is 0 Å². The number of nitrogens with one attached hydrogen (secondary N) is 1. The van der Waals surface area contributed by atoms with Crippen molar-refractivity contribution in [2.24, 2.45) is 10.7 Å². The Balaban J connectivity index is 0.00000364. The predicted molar refractivity (Wildman–Crippen MR) is 123 cm³/mol. The van der Waals surface area contributed by atoms with Gasteiger partial charge in [0.2, 0.25) is 0 Å². The first kappa shape index (κ1) is 23.2. The second-order valence-corrected chi connectivity index (χ2v) is 6.08. The van der Waals surface area contributed by atoms with E-state index in [-0.39, 0.29) is 24.0 Å². The van der Waals surface area contributed by atoms with Crippen molar-refractivity contribution in [2.75, 3.05) is 25.6 Å². The van der Waals surface area contributed by atoms with Crippen LogP contribution in [0.1, 0.15) is 30.9 Å². The molecule has 0 heterocycles. The molecule has 0 aromatic heterocycles. The van der Waals surface area contributed by atoms with E-state index in [0.717, 1.165) is 42.9 Å². The average molecular weight is 483 g/mol. The Morgan fingerprint density at radius 2 is 1.85 bits per heavy atom. The van der Waals surface area contributed by atoms with Crippen molar-refractivity contribution in [1.82, 2.24) is 0 Å². The van der Waals surface area contributed by atoms with Crippen LogP contribution in [0.25, 0.3) is 0 Å². The third-order valence-electron chi connectivity index (χ3n) is 3.95. The van der Waals surface area contributed by atoms with Crippen LogP contribution in [-0.2, 0) is 17.8 Å². The van der Waals surface area contributed by atoms with E-state index in [1.807, 2.05) is 36.4 Å². The lowest BCUT2D eigenvalue weighted by atomic mass is 10.1. The normalized spacial score (nSPS) is 11.0. The van der Waals surface area contributed by atoms with Gasteiger partial charge in [0.1, 0.15) is 5.75 Å². The lowest BCUT2D eigenvalue weighted by Gasteiger charge is -2.11. The number of rotatable bonds is 10. The van der Waals surface area contributed by atoms with Crippen molar-refractivity contribution >= 4 is 35.6 Å². The summed E-state index contributed by atoms with van der Waals surface area (Å²) in [7, 11) is 1.67. The molecule has 0 atom stereocenters. The van der Waals surface area contributed by atoms with Crippen LogP contribution in [0.15, 0.2) is 53.5 Å². The molecule has 2 rings (SSSR count). The van der Waals surface area contributed by atoms with Crippen LogP contribution in [0.4, 0.5) is 5.69 Å². The molecule has 0 bridgehead atoms. The lowest BCUT2D eigenvalue weighted by Crippen LogP contribution is -2.23. The molecule has 0 amide bonds. The highest BCUT2D eigenvalue weighted by Gasteiger charge is 2.02. The molecule has 148 valence electrons. The number of nitrogens with zero attached hydrogens (tertiary/aromatic N) is 1. The van der Waals surface area contributed by atoms with E-state index < -0.39 is 0 Å². The summed E-state index contributed by atoms with van der Waals surface area (Å²) in [6, 6.07) is 16.1. The molecule has 2 aromatic rings. The first-order chi connectivity index (χ1) is 12.7. The van der Waals surface area contributed by atoms with E-state index in [0.29, 0.717) is 19.1 Å². The summed E-state index contributed by atoms with van der Waals surface area (Å²) in [6.07, 6.45) is 3.05. The van der Waals surface area contributed by atoms with E-state index in [2.05, 4.69) is 29.4 Å². The van der Waals surface area contributed by atoms with Gasteiger partial charge in [-0.1, -0.05) is 43.7 Å². The summed E-state index contributed by atoms with van der Waals surface area (Å²) < 4.78 is 10.9. The van der Waals surface area contributed by atoms with Gasteiger partial charge in [-0.2, -0.15) is 0 Å². The molecule has 6 heteroatoms. The maximum Gasteiger partial charge on any atom is 0.193 e. The molecule has 0 spiro atoms. The highest BCUT2D eigenvalue weighted by molar-refractivity contribution is 14.0. The highest BCUT2D eigenvalue weighted by Crippen LogP contribution is 2.16. The number of aliphatic imine (C=N–C) groups is 1. The van der Waals surface area contributed by atoms with Crippen LogP contribution >= 0.6 is 24.0 Å². The topological polar surface area (TPSA) is 68.9 Å². The lowest BCUT2D eigenvalue weighted by molar-refractivity contribution is 0.185. The highest BCUT2D eigenvalue weighted by atomic mass is 127. The van der Waals surface area contributed by atoms with Crippen LogP contribution in [0.5, 0.6) is 5.75 Å². The number of nitrogens with two attached hydrogens (primary N) is 1. The van der Waals surface area contributed by atoms with Crippen LogP contribution in [0, 0.1) is 0 Å². The van der Waals surface area contributed by atoms with Crippen LogP contribution in [0.3, 0.4) is 0 Å². The van der Waals surface area contributed by atoms with Crippen molar-refractivity contribution in [3.05, 3.63) is 59.7 Å². The zero-order valence-electron chi connectivity index (χ0n) is 16.1. The summed E-state index contributed by atoms with van der Waals surface area (Å²) in [5.74, 6) is 1.33. The molecule has 0 radical (unpaired) electrons. The second kappa shape index (κ2) is 13.4. The fourth-order valence-corrected chi connectivity index (χ4v) is 2.49. The Labute approximate surface area is 179 Å². The van der Waals surface area contributed by atoms with Gasteiger partial charge in [-0.25, -0.2) is 0 Å². The standard InChI is InChI=1S/C21H29N3O2.HI/c1-3-4-15-26-19-11-9-17(10-12-19)13-14-23-21(22)24-20-8-6-5-7-18(20)16-25-2;/h5-12H,3-4,13-16H2,1-2H3,(H3,22,23,24);1H. The first-order valence-corrected chi connectivity index (χ1v) is 9.08. The number of anilines is 1. The summed E-state index contributed by atoms with van der Waals surface area (Å²) in [6.45, 7) is 4.08. The number of benzene rings is 2. The molecule has 0 saturated carbocycles. The molecule has 2 aromatic carbocycles. The Morgan fingerprint density at radius 3 is 2.56 bits per heavy atom. The molecular weight excluding hydrogens is 453 g/mol. The molecule has 0 aliphatic heterocycles. The smallest absolute Gasteiger partial charge is 0.193 e. The van der Waals surface area contributed by atoms with Crippen molar-refractivity contribution < 1.29 is 9.47 Å². The molecule has 0 aliphatic carbocycles. The van der Waals surface area contributed by atoms with Gasteiger partial charge in [-0.15, -0.1) is 24.0 Å². The van der Waals surface area contributed by atoms with Gasteiger partial charge in [0, 0.05) is 24.9 Å². The van der Waals surface area contributed by atoms with Crippen molar-refractivity contribution in [3.63, 3.8) is 0 Å². The van der Waals surface area contributed by atoms with Crippen LogP contribution in [0.2, 0.25) is 0 Å². The Morgan fingerprint density at radius 1 is 1.11 bits per heavy atom. The number of hydrogen-bond acceptors (Lipinski definition) is 3. The minimum atomic E-state index is 0. The zero-order valence-corrected chi connectivity index (χ0v) is 18.4. The summed E-state index contributed by atoms with van der Waals surface area (Å²) in [4.78, 5) is 4.41. The zero-order chi connectivity index (χ0) is 18.6. The number of para-hydroxylation sites is 1. The molecule has 0 fully saturated rings. The monoisotopic (exact) mass is 483 g/mol. The van der Waals surface area contributed by atoms with Gasteiger partial charge >= 0.3 is 0 Å². The number of ether oxygens (including phenoxy) is 2. The summed E-state index contributed by atoms with van der Waals surface area (Å²) >= 11 is 0. The largest absolute Gasteiger partial charge is 0.494 e. The van der Waals surface area contributed by atoms with Crippen LogP contribution < -0.4 is 15.8 Å². The molecular formula is C21H30IN3O2. The molecule has 5 nitrogen and oxygen atoms in total. The number of guanidine groups is 1. The fraction of sp³-hybridized carbons (Fsp3) is 0.381. The van der Waals surface area contributed by atoms with Gasteiger partial charge in [-0.05, 0) is 36.6 Å². The number of methoxy groups -OCH3 is 1. The first-order valence-electron chi connectivity index (χ1n) is 9.08. The van der Waals surface area contributed by atoms with Gasteiger partial charge in [-0.3, -0.25) is 4.99 Å². The number of hydrogen-bond donors (Lipinski definition) is 2.